The summed E-state index contributed by atoms with van der Waals surface area (Å²) in [6, 6.07) is 7.76. The molecule has 0 radical (unpaired) electrons. The third kappa shape index (κ3) is 2.85. The summed E-state index contributed by atoms with van der Waals surface area (Å²) in [7, 11) is 1.73. The number of carbonyl (C=O) groups is 1. The second-order valence-corrected chi connectivity index (χ2v) is 5.31. The molecule has 1 amide bonds. The third-order valence-electron chi connectivity index (χ3n) is 3.11. The number of rotatable bonds is 4. The standard InChI is InChI=1S/C14H17BrN4O/c1-3-11-12(16)13(19(2)18-11)14(20)17-8-9-6-4-5-7-10(9)15/h4-7H,3,8,16H2,1-2H3,(H,17,20). The van der Waals surface area contributed by atoms with Crippen LogP contribution in [0.2, 0.25) is 0 Å². The number of nitrogens with one attached hydrogen (secondary N) is 1. The van der Waals surface area contributed by atoms with Crippen molar-refractivity contribution in [2.24, 2.45) is 7.05 Å². The predicted octanol–water partition coefficient (Wildman–Crippen LogP) is 2.26. The highest BCUT2D eigenvalue weighted by atomic mass is 79.9. The van der Waals surface area contributed by atoms with E-state index >= 15 is 0 Å². The highest BCUT2D eigenvalue weighted by molar-refractivity contribution is 9.10. The van der Waals surface area contributed by atoms with Crippen molar-refractivity contribution in [1.82, 2.24) is 15.1 Å². The fourth-order valence-corrected chi connectivity index (χ4v) is 2.45. The lowest BCUT2D eigenvalue weighted by Gasteiger charge is -2.08. The van der Waals surface area contributed by atoms with Crippen molar-refractivity contribution in [3.05, 3.63) is 45.7 Å². The molecule has 2 rings (SSSR count). The average molecular weight is 337 g/mol. The quantitative estimate of drug-likeness (QED) is 0.899. The van der Waals surface area contributed by atoms with Crippen molar-refractivity contribution < 1.29 is 4.79 Å². The Bertz CT molecular complexity index is 636. The van der Waals surface area contributed by atoms with Gasteiger partial charge in [0.1, 0.15) is 5.69 Å². The molecule has 106 valence electrons. The maximum atomic E-state index is 12.2. The molecule has 0 fully saturated rings. The van der Waals surface area contributed by atoms with Crippen molar-refractivity contribution in [3.8, 4) is 0 Å². The first-order valence-corrected chi connectivity index (χ1v) is 7.16. The van der Waals surface area contributed by atoms with Crippen molar-refractivity contribution in [2.75, 3.05) is 5.73 Å². The Morgan fingerprint density at radius 2 is 2.15 bits per heavy atom. The van der Waals surface area contributed by atoms with Crippen molar-refractivity contribution in [1.29, 1.82) is 0 Å². The van der Waals surface area contributed by atoms with E-state index in [0.29, 0.717) is 24.3 Å². The minimum atomic E-state index is -0.215. The number of carbonyl (C=O) groups excluding carboxylic acids is 1. The highest BCUT2D eigenvalue weighted by Gasteiger charge is 2.18. The summed E-state index contributed by atoms with van der Waals surface area (Å²) < 4.78 is 2.50. The molecule has 2 aromatic rings. The van der Waals surface area contributed by atoms with Crippen molar-refractivity contribution >= 4 is 27.5 Å². The molecule has 6 heteroatoms. The molecule has 0 spiro atoms. The molecule has 0 aliphatic rings. The number of amides is 1. The van der Waals surface area contributed by atoms with E-state index in [-0.39, 0.29) is 5.91 Å². The van der Waals surface area contributed by atoms with Gasteiger partial charge in [0, 0.05) is 18.1 Å². The number of nitrogen functional groups attached to an aromatic ring is 1. The molecule has 20 heavy (non-hydrogen) atoms. The molecule has 0 saturated heterocycles. The molecule has 0 bridgehead atoms. The highest BCUT2D eigenvalue weighted by Crippen LogP contribution is 2.18. The van der Waals surface area contributed by atoms with Crippen LogP contribution in [0.4, 0.5) is 5.69 Å². The van der Waals surface area contributed by atoms with Gasteiger partial charge in [-0.15, -0.1) is 0 Å². The lowest BCUT2D eigenvalue weighted by molar-refractivity contribution is 0.0942. The molecule has 1 aromatic heterocycles. The van der Waals surface area contributed by atoms with Gasteiger partial charge in [-0.1, -0.05) is 41.1 Å². The summed E-state index contributed by atoms with van der Waals surface area (Å²) in [6.07, 6.45) is 0.706. The van der Waals surface area contributed by atoms with Gasteiger partial charge in [-0.05, 0) is 18.1 Å². The molecular formula is C14H17BrN4O. The van der Waals surface area contributed by atoms with Gasteiger partial charge in [-0.3, -0.25) is 9.48 Å². The Balaban J connectivity index is 2.13. The third-order valence-corrected chi connectivity index (χ3v) is 3.88. The number of anilines is 1. The van der Waals surface area contributed by atoms with E-state index in [4.69, 9.17) is 5.73 Å². The molecule has 0 unspecified atom stereocenters. The van der Waals surface area contributed by atoms with Crippen molar-refractivity contribution in [3.63, 3.8) is 0 Å². The Morgan fingerprint density at radius 3 is 2.75 bits per heavy atom. The van der Waals surface area contributed by atoms with Gasteiger partial charge in [0.25, 0.3) is 5.91 Å². The number of hydrogen-bond donors (Lipinski definition) is 2. The molecule has 5 nitrogen and oxygen atoms in total. The Morgan fingerprint density at radius 1 is 1.45 bits per heavy atom. The molecule has 0 atom stereocenters. The summed E-state index contributed by atoms with van der Waals surface area (Å²) >= 11 is 3.45. The maximum Gasteiger partial charge on any atom is 0.271 e. The summed E-state index contributed by atoms with van der Waals surface area (Å²) in [5.74, 6) is -0.215. The van der Waals surface area contributed by atoms with E-state index < -0.39 is 0 Å². The van der Waals surface area contributed by atoms with E-state index in [2.05, 4.69) is 26.3 Å². The van der Waals surface area contributed by atoms with Gasteiger partial charge in [-0.25, -0.2) is 0 Å². The molecule has 1 aromatic carbocycles. The Hall–Kier alpha value is -1.82. The van der Waals surface area contributed by atoms with Crippen LogP contribution in [0.5, 0.6) is 0 Å². The number of nitrogens with zero attached hydrogens (tertiary/aromatic N) is 2. The molecule has 3 N–H and O–H groups in total. The van der Waals surface area contributed by atoms with Gasteiger partial charge in [-0.2, -0.15) is 5.10 Å². The van der Waals surface area contributed by atoms with Crippen LogP contribution in [0.3, 0.4) is 0 Å². The lowest BCUT2D eigenvalue weighted by atomic mass is 10.2. The smallest absolute Gasteiger partial charge is 0.271 e. The normalized spacial score (nSPS) is 10.6. The van der Waals surface area contributed by atoms with E-state index in [9.17, 15) is 4.79 Å². The number of nitrogens with two attached hydrogens (primary N) is 1. The van der Waals surface area contributed by atoms with E-state index in [1.54, 1.807) is 7.05 Å². The SMILES string of the molecule is CCc1nn(C)c(C(=O)NCc2ccccc2Br)c1N. The van der Waals surface area contributed by atoms with Crippen LogP contribution >= 0.6 is 15.9 Å². The summed E-state index contributed by atoms with van der Waals surface area (Å²) in [4.78, 5) is 12.2. The molecule has 0 aliphatic heterocycles. The summed E-state index contributed by atoms with van der Waals surface area (Å²) in [5.41, 5.74) is 8.59. The van der Waals surface area contributed by atoms with Gasteiger partial charge in [0.15, 0.2) is 0 Å². The second kappa shape index (κ2) is 6.09. The fourth-order valence-electron chi connectivity index (χ4n) is 2.03. The van der Waals surface area contributed by atoms with E-state index in [0.717, 1.165) is 15.7 Å². The monoisotopic (exact) mass is 336 g/mol. The molecule has 0 aliphatic carbocycles. The number of halogens is 1. The predicted molar refractivity (Wildman–Crippen MR) is 82.3 cm³/mol. The van der Waals surface area contributed by atoms with Crippen molar-refractivity contribution in [2.45, 2.75) is 19.9 Å². The number of aryl methyl sites for hydroxylation is 2. The summed E-state index contributed by atoms with van der Waals surface area (Å²) in [5, 5.41) is 7.11. The molecule has 0 saturated carbocycles. The van der Waals surface area contributed by atoms with Gasteiger partial charge < -0.3 is 11.1 Å². The second-order valence-electron chi connectivity index (χ2n) is 4.46. The zero-order chi connectivity index (χ0) is 14.7. The molecular weight excluding hydrogens is 320 g/mol. The number of aromatic nitrogens is 2. The van der Waals surface area contributed by atoms with Crippen LogP contribution in [0, 0.1) is 0 Å². The lowest BCUT2D eigenvalue weighted by Crippen LogP contribution is -2.26. The fraction of sp³-hybridized carbons (Fsp3) is 0.286. The minimum absolute atomic E-state index is 0.215. The van der Waals surface area contributed by atoms with Gasteiger partial charge in [0.05, 0.1) is 11.4 Å². The largest absolute Gasteiger partial charge is 0.395 e. The average Bonchev–Trinajstić information content (AvgIpc) is 2.72. The van der Waals surface area contributed by atoms with Crippen LogP contribution in [-0.4, -0.2) is 15.7 Å². The van der Waals surface area contributed by atoms with Crippen LogP contribution in [0.15, 0.2) is 28.7 Å². The zero-order valence-corrected chi connectivity index (χ0v) is 13.1. The van der Waals surface area contributed by atoms with Crippen LogP contribution in [-0.2, 0) is 20.0 Å². The number of hydrogen-bond acceptors (Lipinski definition) is 3. The minimum Gasteiger partial charge on any atom is -0.395 e. The maximum absolute atomic E-state index is 12.2. The Kier molecular flexibility index (Phi) is 4.44. The first-order chi connectivity index (χ1) is 9.54. The van der Waals surface area contributed by atoms with Gasteiger partial charge in [0.2, 0.25) is 0 Å². The molecule has 1 heterocycles. The van der Waals surface area contributed by atoms with Crippen LogP contribution in [0.25, 0.3) is 0 Å². The Labute approximate surface area is 126 Å². The topological polar surface area (TPSA) is 72.9 Å². The first-order valence-electron chi connectivity index (χ1n) is 6.37. The first kappa shape index (κ1) is 14.6. The zero-order valence-electron chi connectivity index (χ0n) is 11.5. The van der Waals surface area contributed by atoms with E-state index in [1.165, 1.54) is 4.68 Å². The van der Waals surface area contributed by atoms with Gasteiger partial charge >= 0.3 is 0 Å². The number of benzene rings is 1. The summed E-state index contributed by atoms with van der Waals surface area (Å²) in [6.45, 7) is 2.40. The van der Waals surface area contributed by atoms with E-state index in [1.807, 2.05) is 31.2 Å². The van der Waals surface area contributed by atoms with Crippen LogP contribution < -0.4 is 11.1 Å². The van der Waals surface area contributed by atoms with Crippen LogP contribution in [0.1, 0.15) is 28.7 Å².